The standard InChI is InChI=1S/C15H20N2O2/c1-3-6-12-9-13(12)7-4-5-8-17-10-11(2)14(18)16-15(17)19/h6-7,10H,3-5,8-9H2,1-2H3,(H,16,18,19)/b12-6+,13-7+. The topological polar surface area (TPSA) is 54.9 Å². The van der Waals surface area contributed by atoms with Gasteiger partial charge < -0.3 is 4.57 Å². The fraction of sp³-hybridized carbons (Fsp3) is 0.467. The van der Waals surface area contributed by atoms with Crippen molar-refractivity contribution in [2.75, 3.05) is 0 Å². The number of rotatable bonds is 5. The van der Waals surface area contributed by atoms with Crippen LogP contribution in [0.25, 0.3) is 0 Å². The number of hydrogen-bond acceptors (Lipinski definition) is 2. The van der Waals surface area contributed by atoms with E-state index in [9.17, 15) is 9.59 Å². The summed E-state index contributed by atoms with van der Waals surface area (Å²) in [5.41, 5.74) is 2.89. The lowest BCUT2D eigenvalue weighted by Crippen LogP contribution is -2.30. The first kappa shape index (κ1) is 13.6. The zero-order valence-electron chi connectivity index (χ0n) is 11.5. The van der Waals surface area contributed by atoms with Crippen LogP contribution in [-0.4, -0.2) is 9.55 Å². The van der Waals surface area contributed by atoms with Gasteiger partial charge in [0.05, 0.1) is 0 Å². The average molecular weight is 260 g/mol. The predicted octanol–water partition coefficient (Wildman–Crippen LogP) is 2.29. The van der Waals surface area contributed by atoms with E-state index < -0.39 is 0 Å². The zero-order valence-corrected chi connectivity index (χ0v) is 11.5. The van der Waals surface area contributed by atoms with Crippen LogP contribution in [0.2, 0.25) is 0 Å². The number of nitrogens with one attached hydrogen (secondary N) is 1. The van der Waals surface area contributed by atoms with Crippen LogP contribution in [-0.2, 0) is 6.54 Å². The van der Waals surface area contributed by atoms with Crippen molar-refractivity contribution in [3.63, 3.8) is 0 Å². The van der Waals surface area contributed by atoms with Gasteiger partial charge in [-0.15, -0.1) is 0 Å². The van der Waals surface area contributed by atoms with Crippen molar-refractivity contribution in [3.8, 4) is 0 Å². The number of allylic oxidation sites excluding steroid dienone is 4. The minimum Gasteiger partial charge on any atom is -0.300 e. The van der Waals surface area contributed by atoms with Crippen molar-refractivity contribution >= 4 is 0 Å². The van der Waals surface area contributed by atoms with Gasteiger partial charge in [0.25, 0.3) is 5.56 Å². The van der Waals surface area contributed by atoms with Crippen LogP contribution in [0.3, 0.4) is 0 Å². The molecule has 0 radical (unpaired) electrons. The Hall–Kier alpha value is -1.84. The lowest BCUT2D eigenvalue weighted by molar-refractivity contribution is 0.607. The van der Waals surface area contributed by atoms with E-state index in [1.165, 1.54) is 11.1 Å². The Labute approximate surface area is 112 Å². The molecule has 0 atom stereocenters. The molecule has 1 fully saturated rings. The Kier molecular flexibility index (Phi) is 4.20. The third-order valence-electron chi connectivity index (χ3n) is 3.30. The maximum absolute atomic E-state index is 11.6. The minimum absolute atomic E-state index is 0.296. The maximum Gasteiger partial charge on any atom is 0.328 e. The number of H-pyrrole nitrogens is 1. The highest BCUT2D eigenvalue weighted by Gasteiger charge is 2.18. The summed E-state index contributed by atoms with van der Waals surface area (Å²) in [6.45, 7) is 4.50. The molecule has 0 bridgehead atoms. The van der Waals surface area contributed by atoms with Crippen LogP contribution in [0.15, 0.2) is 39.1 Å². The highest BCUT2D eigenvalue weighted by molar-refractivity contribution is 5.50. The molecule has 0 aliphatic heterocycles. The lowest BCUT2D eigenvalue weighted by atomic mass is 10.2. The lowest BCUT2D eigenvalue weighted by Gasteiger charge is -2.04. The summed E-state index contributed by atoms with van der Waals surface area (Å²) in [6.07, 6.45) is 10.3. The molecular formula is C15H20N2O2. The van der Waals surface area contributed by atoms with Gasteiger partial charge in [-0.2, -0.15) is 0 Å². The van der Waals surface area contributed by atoms with Crippen LogP contribution in [0.5, 0.6) is 0 Å². The monoisotopic (exact) mass is 260 g/mol. The SMILES string of the molecule is CC/C=C1\C\C1=C/CCCn1cc(C)c(=O)[nH]c1=O. The van der Waals surface area contributed by atoms with Crippen LogP contribution < -0.4 is 11.2 Å². The molecular weight excluding hydrogens is 240 g/mol. The molecule has 1 N–H and O–H groups in total. The van der Waals surface area contributed by atoms with Gasteiger partial charge in [0.1, 0.15) is 0 Å². The molecule has 4 heteroatoms. The Balaban J connectivity index is 1.87. The van der Waals surface area contributed by atoms with Crippen LogP contribution in [0.4, 0.5) is 0 Å². The van der Waals surface area contributed by atoms with Gasteiger partial charge in [0, 0.05) is 18.3 Å². The highest BCUT2D eigenvalue weighted by atomic mass is 16.2. The first-order valence-corrected chi connectivity index (χ1v) is 6.80. The summed E-state index contributed by atoms with van der Waals surface area (Å²) in [5.74, 6) is 0. The molecule has 1 saturated carbocycles. The number of nitrogens with zero attached hydrogens (tertiary/aromatic N) is 1. The largest absolute Gasteiger partial charge is 0.328 e. The first-order chi connectivity index (χ1) is 9.11. The molecule has 19 heavy (non-hydrogen) atoms. The summed E-state index contributed by atoms with van der Waals surface area (Å²) in [5, 5.41) is 0. The molecule has 0 aromatic carbocycles. The number of aromatic amines is 1. The summed E-state index contributed by atoms with van der Waals surface area (Å²) in [7, 11) is 0. The van der Waals surface area contributed by atoms with Gasteiger partial charge in [-0.1, -0.05) is 19.1 Å². The average Bonchev–Trinajstić information content (AvgIpc) is 3.10. The van der Waals surface area contributed by atoms with Crippen molar-refractivity contribution in [1.29, 1.82) is 0 Å². The fourth-order valence-corrected chi connectivity index (χ4v) is 2.14. The van der Waals surface area contributed by atoms with Crippen LogP contribution >= 0.6 is 0 Å². The van der Waals surface area contributed by atoms with Gasteiger partial charge in [-0.3, -0.25) is 9.78 Å². The highest BCUT2D eigenvalue weighted by Crippen LogP contribution is 2.37. The van der Waals surface area contributed by atoms with Crippen molar-refractivity contribution in [2.45, 2.75) is 46.1 Å². The fourth-order valence-electron chi connectivity index (χ4n) is 2.14. The Bertz CT molecular complexity index is 632. The molecule has 1 aliphatic carbocycles. The van der Waals surface area contributed by atoms with E-state index in [0.717, 1.165) is 25.7 Å². The third kappa shape index (κ3) is 3.56. The molecule has 1 aromatic heterocycles. The van der Waals surface area contributed by atoms with E-state index >= 15 is 0 Å². The zero-order chi connectivity index (χ0) is 13.8. The molecule has 0 unspecified atom stereocenters. The Morgan fingerprint density at radius 3 is 2.79 bits per heavy atom. The Morgan fingerprint density at radius 1 is 1.32 bits per heavy atom. The van der Waals surface area contributed by atoms with Gasteiger partial charge in [-0.05, 0) is 43.8 Å². The molecule has 0 saturated heterocycles. The molecule has 1 aromatic rings. The number of unbranched alkanes of at least 4 members (excludes halogenated alkanes) is 1. The second-order valence-corrected chi connectivity index (χ2v) is 4.95. The number of aromatic nitrogens is 2. The minimum atomic E-state index is -0.318. The summed E-state index contributed by atoms with van der Waals surface area (Å²) >= 11 is 0. The summed E-state index contributed by atoms with van der Waals surface area (Å²) in [6, 6.07) is 0. The molecule has 1 aliphatic rings. The van der Waals surface area contributed by atoms with Gasteiger partial charge in [0.15, 0.2) is 0 Å². The number of hydrogen-bond donors (Lipinski definition) is 1. The number of aryl methyl sites for hydroxylation is 2. The van der Waals surface area contributed by atoms with Gasteiger partial charge in [0.2, 0.25) is 0 Å². The molecule has 0 amide bonds. The smallest absolute Gasteiger partial charge is 0.300 e. The molecule has 4 nitrogen and oxygen atoms in total. The van der Waals surface area contributed by atoms with Crippen LogP contribution in [0, 0.1) is 6.92 Å². The normalized spacial score (nSPS) is 18.2. The van der Waals surface area contributed by atoms with E-state index in [1.807, 2.05) is 0 Å². The third-order valence-corrected chi connectivity index (χ3v) is 3.30. The van der Waals surface area contributed by atoms with Crippen LogP contribution in [0.1, 0.15) is 38.2 Å². The van der Waals surface area contributed by atoms with Gasteiger partial charge in [-0.25, -0.2) is 4.79 Å². The van der Waals surface area contributed by atoms with Crippen molar-refractivity contribution < 1.29 is 0 Å². The van der Waals surface area contributed by atoms with E-state index in [-0.39, 0.29) is 11.2 Å². The molecule has 102 valence electrons. The van der Waals surface area contributed by atoms with E-state index in [2.05, 4.69) is 24.1 Å². The van der Waals surface area contributed by atoms with Crippen molar-refractivity contribution in [1.82, 2.24) is 9.55 Å². The molecule has 0 spiro atoms. The van der Waals surface area contributed by atoms with Crippen molar-refractivity contribution in [2.24, 2.45) is 0 Å². The summed E-state index contributed by atoms with van der Waals surface area (Å²) < 4.78 is 1.57. The predicted molar refractivity (Wildman–Crippen MR) is 76.4 cm³/mol. The first-order valence-electron chi connectivity index (χ1n) is 6.80. The van der Waals surface area contributed by atoms with Crippen molar-refractivity contribution in [3.05, 3.63) is 55.9 Å². The quantitative estimate of drug-likeness (QED) is 0.826. The van der Waals surface area contributed by atoms with E-state index in [1.54, 1.807) is 17.7 Å². The van der Waals surface area contributed by atoms with Gasteiger partial charge >= 0.3 is 5.69 Å². The van der Waals surface area contributed by atoms with E-state index in [0.29, 0.717) is 12.1 Å². The summed E-state index contributed by atoms with van der Waals surface area (Å²) in [4.78, 5) is 25.1. The molecule has 1 heterocycles. The second-order valence-electron chi connectivity index (χ2n) is 4.95. The Morgan fingerprint density at radius 2 is 2.05 bits per heavy atom. The van der Waals surface area contributed by atoms with E-state index in [4.69, 9.17) is 0 Å². The molecule has 2 rings (SSSR count). The maximum atomic E-state index is 11.6. The second kappa shape index (κ2) is 5.87.